The van der Waals surface area contributed by atoms with Gasteiger partial charge in [0.2, 0.25) is 0 Å². The van der Waals surface area contributed by atoms with E-state index in [1.54, 1.807) is 24.1 Å². The van der Waals surface area contributed by atoms with Crippen molar-refractivity contribution < 1.29 is 17.9 Å². The molecule has 7 heteroatoms. The number of alkyl halides is 3. The van der Waals surface area contributed by atoms with Crippen LogP contribution in [0.2, 0.25) is 0 Å². The molecule has 0 saturated heterocycles. The average molecular weight is 423 g/mol. The lowest BCUT2D eigenvalue weighted by Crippen LogP contribution is -2.12. The number of para-hydroxylation sites is 2. The van der Waals surface area contributed by atoms with Crippen LogP contribution in [0.5, 0.6) is 5.75 Å². The minimum Gasteiger partial charge on any atom is -0.494 e. The first-order valence-electron chi connectivity index (χ1n) is 9.58. The minimum atomic E-state index is -4.37. The second kappa shape index (κ2) is 8.18. The van der Waals surface area contributed by atoms with Crippen LogP contribution < -0.4 is 10.1 Å². The number of benzene rings is 3. The molecule has 31 heavy (non-hydrogen) atoms. The highest BCUT2D eigenvalue weighted by atomic mass is 19.4. The Morgan fingerprint density at radius 3 is 2.61 bits per heavy atom. The van der Waals surface area contributed by atoms with Gasteiger partial charge in [-0.1, -0.05) is 43.0 Å². The van der Waals surface area contributed by atoms with Gasteiger partial charge < -0.3 is 10.1 Å². The number of hydrogen-bond acceptors (Lipinski definition) is 3. The molecule has 4 nitrogen and oxygen atoms in total. The van der Waals surface area contributed by atoms with Gasteiger partial charge in [0.1, 0.15) is 11.4 Å². The highest BCUT2D eigenvalue weighted by molar-refractivity contribution is 5.91. The summed E-state index contributed by atoms with van der Waals surface area (Å²) in [6, 6.07) is 18.6. The van der Waals surface area contributed by atoms with E-state index >= 15 is 0 Å². The van der Waals surface area contributed by atoms with Gasteiger partial charge in [0.15, 0.2) is 0 Å². The number of aromatic nitrogens is 2. The van der Waals surface area contributed by atoms with E-state index in [-0.39, 0.29) is 6.54 Å². The summed E-state index contributed by atoms with van der Waals surface area (Å²) < 4.78 is 46.1. The third-order valence-electron chi connectivity index (χ3n) is 5.01. The highest BCUT2D eigenvalue weighted by Gasteiger charge is 2.30. The zero-order valence-electron chi connectivity index (χ0n) is 16.8. The van der Waals surface area contributed by atoms with Gasteiger partial charge in [-0.3, -0.25) is 0 Å². The van der Waals surface area contributed by atoms with Gasteiger partial charge in [-0.2, -0.15) is 18.3 Å². The zero-order chi connectivity index (χ0) is 22.0. The van der Waals surface area contributed by atoms with E-state index < -0.39 is 11.7 Å². The van der Waals surface area contributed by atoms with Crippen LogP contribution in [0.3, 0.4) is 0 Å². The number of nitrogens with one attached hydrogen (secondary N) is 1. The summed E-state index contributed by atoms with van der Waals surface area (Å²) in [6.45, 7) is 4.30. The molecule has 0 unspecified atom stereocenters. The summed E-state index contributed by atoms with van der Waals surface area (Å²) in [4.78, 5) is 0. The molecule has 0 radical (unpaired) electrons. The molecule has 0 saturated carbocycles. The Balaban J connectivity index is 1.61. The maximum Gasteiger partial charge on any atom is 0.416 e. The van der Waals surface area contributed by atoms with Crippen LogP contribution in [-0.2, 0) is 12.7 Å². The van der Waals surface area contributed by atoms with Crippen LogP contribution in [0.15, 0.2) is 79.5 Å². The molecule has 0 spiro atoms. The molecule has 0 aliphatic rings. The Hall–Kier alpha value is -3.74. The van der Waals surface area contributed by atoms with Crippen molar-refractivity contribution in [2.24, 2.45) is 0 Å². The summed E-state index contributed by atoms with van der Waals surface area (Å²) in [5, 5.41) is 8.52. The van der Waals surface area contributed by atoms with Crippen molar-refractivity contribution in [1.82, 2.24) is 15.1 Å². The number of methoxy groups -OCH3 is 1. The molecule has 0 aliphatic carbocycles. The van der Waals surface area contributed by atoms with Crippen molar-refractivity contribution in [2.45, 2.75) is 12.7 Å². The normalized spacial score (nSPS) is 11.5. The molecule has 158 valence electrons. The van der Waals surface area contributed by atoms with E-state index in [9.17, 15) is 13.2 Å². The summed E-state index contributed by atoms with van der Waals surface area (Å²) in [6.07, 6.45) is -2.63. The van der Waals surface area contributed by atoms with Crippen LogP contribution in [0.4, 0.5) is 13.2 Å². The lowest BCUT2D eigenvalue weighted by molar-refractivity contribution is -0.137. The number of rotatable bonds is 6. The Kier molecular flexibility index (Phi) is 5.42. The smallest absolute Gasteiger partial charge is 0.416 e. The first-order chi connectivity index (χ1) is 14.9. The molecule has 1 N–H and O–H groups in total. The predicted molar refractivity (Wildman–Crippen MR) is 115 cm³/mol. The zero-order valence-corrected chi connectivity index (χ0v) is 16.8. The fourth-order valence-corrected chi connectivity index (χ4v) is 3.47. The number of ether oxygens (including phenoxy) is 1. The topological polar surface area (TPSA) is 39.1 Å². The standard InChI is InChI=1S/C24H20F3N3O/c1-16(28-14-17-7-5-8-18(13-17)24(25,26)27)19-9-6-11-21-20(19)15-29-30(21)22-10-3-4-12-23(22)31-2/h3-13,15,28H,1,14H2,2H3. The van der Waals surface area contributed by atoms with Crippen LogP contribution in [0.1, 0.15) is 16.7 Å². The van der Waals surface area contributed by atoms with E-state index in [1.165, 1.54) is 6.07 Å². The van der Waals surface area contributed by atoms with Crippen molar-refractivity contribution in [1.29, 1.82) is 0 Å². The van der Waals surface area contributed by atoms with E-state index in [0.29, 0.717) is 17.0 Å². The molecule has 0 fully saturated rings. The molecule has 1 aromatic heterocycles. The van der Waals surface area contributed by atoms with Crippen molar-refractivity contribution in [2.75, 3.05) is 7.11 Å². The van der Waals surface area contributed by atoms with Crippen molar-refractivity contribution in [3.05, 3.63) is 96.2 Å². The third-order valence-corrected chi connectivity index (χ3v) is 5.01. The molecule has 0 atom stereocenters. The maximum atomic E-state index is 12.9. The Labute approximate surface area is 177 Å². The first-order valence-corrected chi connectivity index (χ1v) is 9.58. The lowest BCUT2D eigenvalue weighted by Gasteiger charge is -2.13. The molecular weight excluding hydrogens is 403 g/mol. The van der Waals surface area contributed by atoms with Crippen molar-refractivity contribution >= 4 is 16.6 Å². The first kappa shape index (κ1) is 20.5. The van der Waals surface area contributed by atoms with Crippen molar-refractivity contribution in [3.8, 4) is 11.4 Å². The second-order valence-electron chi connectivity index (χ2n) is 7.00. The average Bonchev–Trinajstić information content (AvgIpc) is 3.21. The van der Waals surface area contributed by atoms with Gasteiger partial charge in [-0.25, -0.2) is 4.68 Å². The Morgan fingerprint density at radius 1 is 1.06 bits per heavy atom. The second-order valence-corrected chi connectivity index (χ2v) is 7.00. The highest BCUT2D eigenvalue weighted by Crippen LogP contribution is 2.31. The summed E-state index contributed by atoms with van der Waals surface area (Å²) in [7, 11) is 1.61. The largest absolute Gasteiger partial charge is 0.494 e. The fourth-order valence-electron chi connectivity index (χ4n) is 3.47. The Morgan fingerprint density at radius 2 is 1.84 bits per heavy atom. The van der Waals surface area contributed by atoms with E-state index in [0.717, 1.165) is 34.3 Å². The van der Waals surface area contributed by atoms with Crippen molar-refractivity contribution in [3.63, 3.8) is 0 Å². The maximum absolute atomic E-state index is 12.9. The molecular formula is C24H20F3N3O. The fraction of sp³-hybridized carbons (Fsp3) is 0.125. The molecule has 3 aromatic carbocycles. The minimum absolute atomic E-state index is 0.222. The monoisotopic (exact) mass is 423 g/mol. The Bertz CT molecular complexity index is 1240. The van der Waals surface area contributed by atoms with Gasteiger partial charge in [-0.15, -0.1) is 0 Å². The number of halogens is 3. The van der Waals surface area contributed by atoms with Gasteiger partial charge >= 0.3 is 6.18 Å². The van der Waals surface area contributed by atoms with Gasteiger partial charge in [-0.05, 0) is 35.9 Å². The van der Waals surface area contributed by atoms with E-state index in [2.05, 4.69) is 17.0 Å². The number of nitrogens with zero attached hydrogens (tertiary/aromatic N) is 2. The molecule has 1 heterocycles. The van der Waals surface area contributed by atoms with Gasteiger partial charge in [0.05, 0.1) is 24.4 Å². The van der Waals surface area contributed by atoms with Gasteiger partial charge in [0, 0.05) is 23.2 Å². The number of hydrogen-bond donors (Lipinski definition) is 1. The van der Waals surface area contributed by atoms with Crippen LogP contribution in [0, 0.1) is 0 Å². The predicted octanol–water partition coefficient (Wildman–Crippen LogP) is 5.81. The SMILES string of the molecule is C=C(NCc1cccc(C(F)(F)F)c1)c1cccc2c1cnn2-c1ccccc1OC. The van der Waals surface area contributed by atoms with Crippen LogP contribution in [-0.4, -0.2) is 16.9 Å². The third kappa shape index (κ3) is 4.12. The number of fused-ring (bicyclic) bond motifs is 1. The van der Waals surface area contributed by atoms with Crippen LogP contribution >= 0.6 is 0 Å². The molecule has 4 rings (SSSR count). The molecule has 0 amide bonds. The lowest BCUT2D eigenvalue weighted by atomic mass is 10.1. The summed E-state index contributed by atoms with van der Waals surface area (Å²) >= 11 is 0. The summed E-state index contributed by atoms with van der Waals surface area (Å²) in [5.74, 6) is 0.694. The molecule has 0 aliphatic heterocycles. The van der Waals surface area contributed by atoms with E-state index in [1.807, 2.05) is 42.5 Å². The van der Waals surface area contributed by atoms with E-state index in [4.69, 9.17) is 4.74 Å². The van der Waals surface area contributed by atoms with Crippen LogP contribution in [0.25, 0.3) is 22.3 Å². The van der Waals surface area contributed by atoms with Gasteiger partial charge in [0.25, 0.3) is 0 Å². The molecule has 4 aromatic rings. The quantitative estimate of drug-likeness (QED) is 0.425. The molecule has 0 bridgehead atoms. The summed E-state index contributed by atoms with van der Waals surface area (Å²) in [5.41, 5.74) is 2.95.